The molecule has 1 rings (SSSR count). The Kier molecular flexibility index (Phi) is 7.29. The van der Waals surface area contributed by atoms with Crippen LogP contribution in [0, 0.1) is 17.6 Å². The summed E-state index contributed by atoms with van der Waals surface area (Å²) in [7, 11) is 0. The molecule has 0 aliphatic heterocycles. The lowest BCUT2D eigenvalue weighted by atomic mass is 10.0. The number of benzene rings is 1. The molecule has 0 saturated carbocycles. The summed E-state index contributed by atoms with van der Waals surface area (Å²) < 4.78 is 31.0. The SMILES string of the molecule is CCOC(=O)[C@H](C)C[C@H](NC(=O)Cc1cc(F)cc(F)c1)C(N)=O. The monoisotopic (exact) mass is 342 g/mol. The van der Waals surface area contributed by atoms with Gasteiger partial charge < -0.3 is 15.8 Å². The van der Waals surface area contributed by atoms with Crippen LogP contribution in [0.4, 0.5) is 8.78 Å². The second-order valence-corrected chi connectivity index (χ2v) is 5.37. The second kappa shape index (κ2) is 8.95. The van der Waals surface area contributed by atoms with Gasteiger partial charge >= 0.3 is 5.97 Å². The van der Waals surface area contributed by atoms with Crippen molar-refractivity contribution in [1.82, 2.24) is 5.32 Å². The summed E-state index contributed by atoms with van der Waals surface area (Å²) in [6.07, 6.45) is -0.357. The van der Waals surface area contributed by atoms with Crippen LogP contribution in [0.2, 0.25) is 0 Å². The summed E-state index contributed by atoms with van der Waals surface area (Å²) in [5, 5.41) is 2.37. The fourth-order valence-corrected chi connectivity index (χ4v) is 2.12. The number of nitrogens with one attached hydrogen (secondary N) is 1. The highest BCUT2D eigenvalue weighted by atomic mass is 19.1. The first-order valence-corrected chi connectivity index (χ1v) is 7.43. The van der Waals surface area contributed by atoms with Crippen LogP contribution in [0.25, 0.3) is 0 Å². The molecule has 2 amide bonds. The number of esters is 1. The third kappa shape index (κ3) is 6.31. The number of primary amides is 1. The lowest BCUT2D eigenvalue weighted by Gasteiger charge is -2.19. The van der Waals surface area contributed by atoms with Crippen molar-refractivity contribution in [3.63, 3.8) is 0 Å². The molecule has 0 aliphatic rings. The van der Waals surface area contributed by atoms with Crippen molar-refractivity contribution in [3.05, 3.63) is 35.4 Å². The molecular weight excluding hydrogens is 322 g/mol. The third-order valence-electron chi connectivity index (χ3n) is 3.24. The minimum Gasteiger partial charge on any atom is -0.466 e. The van der Waals surface area contributed by atoms with Gasteiger partial charge in [0.2, 0.25) is 11.8 Å². The van der Waals surface area contributed by atoms with E-state index in [9.17, 15) is 23.2 Å². The van der Waals surface area contributed by atoms with E-state index in [0.29, 0.717) is 6.07 Å². The number of halogens is 2. The lowest BCUT2D eigenvalue weighted by Crippen LogP contribution is -2.46. The second-order valence-electron chi connectivity index (χ2n) is 5.37. The summed E-state index contributed by atoms with van der Waals surface area (Å²) in [5.41, 5.74) is 5.34. The molecular formula is C16H20F2N2O4. The number of hydrogen-bond donors (Lipinski definition) is 2. The maximum atomic E-state index is 13.1. The Morgan fingerprint density at radius 3 is 2.29 bits per heavy atom. The van der Waals surface area contributed by atoms with E-state index >= 15 is 0 Å². The lowest BCUT2D eigenvalue weighted by molar-refractivity contribution is -0.148. The third-order valence-corrected chi connectivity index (χ3v) is 3.24. The Balaban J connectivity index is 2.69. The zero-order valence-electron chi connectivity index (χ0n) is 13.5. The van der Waals surface area contributed by atoms with Crippen LogP contribution in [0.5, 0.6) is 0 Å². The average Bonchev–Trinajstić information content (AvgIpc) is 2.45. The minimum atomic E-state index is -1.09. The molecule has 8 heteroatoms. The maximum absolute atomic E-state index is 13.1. The molecule has 0 spiro atoms. The van der Waals surface area contributed by atoms with Crippen molar-refractivity contribution in [2.45, 2.75) is 32.7 Å². The van der Waals surface area contributed by atoms with E-state index in [1.165, 1.54) is 0 Å². The largest absolute Gasteiger partial charge is 0.466 e. The fraction of sp³-hybridized carbons (Fsp3) is 0.438. The Hall–Kier alpha value is -2.51. The van der Waals surface area contributed by atoms with Gasteiger partial charge in [-0.3, -0.25) is 14.4 Å². The molecule has 0 fully saturated rings. The predicted molar refractivity (Wildman–Crippen MR) is 81.6 cm³/mol. The minimum absolute atomic E-state index is 0.0303. The maximum Gasteiger partial charge on any atom is 0.308 e. The number of carbonyl (C=O) groups is 3. The van der Waals surface area contributed by atoms with Crippen LogP contribution in [0.15, 0.2) is 18.2 Å². The number of nitrogens with two attached hydrogens (primary N) is 1. The summed E-state index contributed by atoms with van der Waals surface area (Å²) >= 11 is 0. The smallest absolute Gasteiger partial charge is 0.308 e. The molecule has 2 atom stereocenters. The number of amides is 2. The van der Waals surface area contributed by atoms with Crippen molar-refractivity contribution < 1.29 is 27.9 Å². The molecule has 3 N–H and O–H groups in total. The van der Waals surface area contributed by atoms with Gasteiger partial charge in [-0.05, 0) is 31.0 Å². The number of hydrogen-bond acceptors (Lipinski definition) is 4. The Morgan fingerprint density at radius 2 is 1.79 bits per heavy atom. The normalized spacial score (nSPS) is 13.0. The molecule has 6 nitrogen and oxygen atoms in total. The zero-order chi connectivity index (χ0) is 18.3. The van der Waals surface area contributed by atoms with Crippen molar-refractivity contribution in [3.8, 4) is 0 Å². The molecule has 0 saturated heterocycles. The Labute approximate surface area is 138 Å². The van der Waals surface area contributed by atoms with Gasteiger partial charge in [0.25, 0.3) is 0 Å². The average molecular weight is 342 g/mol. The van der Waals surface area contributed by atoms with E-state index < -0.39 is 41.4 Å². The van der Waals surface area contributed by atoms with Crippen LogP contribution < -0.4 is 11.1 Å². The first kappa shape index (κ1) is 19.5. The van der Waals surface area contributed by atoms with Crippen LogP contribution in [-0.4, -0.2) is 30.4 Å². The molecule has 0 unspecified atom stereocenters. The van der Waals surface area contributed by atoms with E-state index in [4.69, 9.17) is 10.5 Å². The Bertz CT molecular complexity index is 602. The molecule has 0 radical (unpaired) electrons. The number of ether oxygens (including phenoxy) is 1. The van der Waals surface area contributed by atoms with Gasteiger partial charge in [-0.25, -0.2) is 8.78 Å². The summed E-state index contributed by atoms with van der Waals surface area (Å²) in [6.45, 7) is 3.39. The molecule has 24 heavy (non-hydrogen) atoms. The topological polar surface area (TPSA) is 98.5 Å². The van der Waals surface area contributed by atoms with Crippen LogP contribution in [0.3, 0.4) is 0 Å². The van der Waals surface area contributed by atoms with Gasteiger partial charge in [0, 0.05) is 6.07 Å². The Morgan fingerprint density at radius 1 is 1.21 bits per heavy atom. The van der Waals surface area contributed by atoms with E-state index in [-0.39, 0.29) is 25.0 Å². The first-order valence-electron chi connectivity index (χ1n) is 7.43. The van der Waals surface area contributed by atoms with E-state index in [2.05, 4.69) is 5.32 Å². The standard InChI is InChI=1S/C16H20F2N2O4/c1-3-24-16(23)9(2)4-13(15(19)22)20-14(21)7-10-5-11(17)8-12(18)6-10/h5-6,8-9,13H,3-4,7H2,1-2H3,(H2,19,22)(H,20,21)/t9-,13+/m1/s1. The fourth-order valence-electron chi connectivity index (χ4n) is 2.12. The molecule has 1 aromatic rings. The zero-order valence-corrected chi connectivity index (χ0v) is 13.5. The van der Waals surface area contributed by atoms with E-state index in [0.717, 1.165) is 12.1 Å². The summed E-state index contributed by atoms with van der Waals surface area (Å²) in [4.78, 5) is 35.0. The molecule has 0 bridgehead atoms. The molecule has 0 heterocycles. The van der Waals surface area contributed by atoms with Crippen molar-refractivity contribution >= 4 is 17.8 Å². The van der Waals surface area contributed by atoms with Crippen LogP contribution >= 0.6 is 0 Å². The highest BCUT2D eigenvalue weighted by Crippen LogP contribution is 2.11. The predicted octanol–water partition coefficient (Wildman–Crippen LogP) is 1.07. The quantitative estimate of drug-likeness (QED) is 0.690. The van der Waals surface area contributed by atoms with Gasteiger partial charge in [-0.1, -0.05) is 6.92 Å². The van der Waals surface area contributed by atoms with Gasteiger partial charge in [-0.15, -0.1) is 0 Å². The molecule has 0 aromatic heterocycles. The van der Waals surface area contributed by atoms with Gasteiger partial charge in [-0.2, -0.15) is 0 Å². The van der Waals surface area contributed by atoms with Crippen molar-refractivity contribution in [1.29, 1.82) is 0 Å². The van der Waals surface area contributed by atoms with Crippen LogP contribution in [-0.2, 0) is 25.5 Å². The van der Waals surface area contributed by atoms with E-state index in [1.54, 1.807) is 13.8 Å². The van der Waals surface area contributed by atoms with Gasteiger partial charge in [0.1, 0.15) is 17.7 Å². The van der Waals surface area contributed by atoms with Crippen LogP contribution in [0.1, 0.15) is 25.8 Å². The summed E-state index contributed by atoms with van der Waals surface area (Å²) in [6, 6.07) is 1.64. The van der Waals surface area contributed by atoms with Gasteiger partial charge in [0.15, 0.2) is 0 Å². The van der Waals surface area contributed by atoms with E-state index in [1.807, 2.05) is 0 Å². The molecule has 1 aromatic carbocycles. The molecule has 132 valence electrons. The number of rotatable bonds is 8. The van der Waals surface area contributed by atoms with Crippen molar-refractivity contribution in [2.24, 2.45) is 11.7 Å². The summed E-state index contributed by atoms with van der Waals surface area (Å²) in [5.74, 6) is -4.22. The highest BCUT2D eigenvalue weighted by Gasteiger charge is 2.25. The van der Waals surface area contributed by atoms with Crippen molar-refractivity contribution in [2.75, 3.05) is 6.61 Å². The van der Waals surface area contributed by atoms with Gasteiger partial charge in [0.05, 0.1) is 18.9 Å². The molecule has 0 aliphatic carbocycles. The first-order chi connectivity index (χ1) is 11.2. The number of carbonyl (C=O) groups excluding carboxylic acids is 3. The highest BCUT2D eigenvalue weighted by molar-refractivity contribution is 5.88.